The first kappa shape index (κ1) is 30.7. The number of hydrogen-bond donors (Lipinski definition) is 1. The lowest BCUT2D eigenvalue weighted by Crippen LogP contribution is -2.47. The van der Waals surface area contributed by atoms with Crippen LogP contribution in [0.2, 0.25) is 28.2 Å². The van der Waals surface area contributed by atoms with Crippen molar-refractivity contribution in [2.45, 2.75) is 108 Å². The predicted molar refractivity (Wildman–Crippen MR) is 161 cm³/mol. The fourth-order valence-electron chi connectivity index (χ4n) is 3.99. The summed E-state index contributed by atoms with van der Waals surface area (Å²) in [5.41, 5.74) is 2.27. The topological polar surface area (TPSA) is 21.3 Å². The number of halogens is 2. The van der Waals surface area contributed by atoms with Gasteiger partial charge in [0, 0.05) is 26.1 Å². The van der Waals surface area contributed by atoms with E-state index in [4.69, 9.17) is 27.6 Å². The number of nitrogens with one attached hydrogen (secondary N) is 1. The van der Waals surface area contributed by atoms with Crippen LogP contribution in [0.1, 0.15) is 85.1 Å². The molecule has 35 heavy (non-hydrogen) atoms. The lowest BCUT2D eigenvalue weighted by molar-refractivity contribution is 0.129. The molecule has 0 aliphatic carbocycles. The summed E-state index contributed by atoms with van der Waals surface area (Å²) in [6, 6.07) is 16.6. The lowest BCUT2D eigenvalue weighted by atomic mass is 9.94. The molecule has 0 saturated heterocycles. The Hall–Kier alpha value is -0.493. The summed E-state index contributed by atoms with van der Waals surface area (Å²) in [5, 5.41) is 6.02. The third kappa shape index (κ3) is 9.09. The summed E-state index contributed by atoms with van der Waals surface area (Å²) in [5.74, 6) is 0. The largest absolute Gasteiger partial charge is 0.408 e. The van der Waals surface area contributed by atoms with Crippen LogP contribution in [0.3, 0.4) is 0 Å². The highest BCUT2D eigenvalue weighted by atomic mass is 35.5. The minimum Gasteiger partial charge on any atom is -0.408 e. The quantitative estimate of drug-likeness (QED) is 0.295. The van der Waals surface area contributed by atoms with Crippen LogP contribution in [-0.4, -0.2) is 24.4 Å². The Morgan fingerprint density at radius 1 is 0.914 bits per heavy atom. The first-order valence-corrected chi connectivity index (χ1v) is 17.2. The zero-order valence-electron chi connectivity index (χ0n) is 23.2. The van der Waals surface area contributed by atoms with E-state index in [0.717, 1.165) is 22.0 Å². The maximum atomic E-state index is 7.19. The first-order chi connectivity index (χ1) is 16.0. The normalized spacial score (nSPS) is 16.6. The molecule has 4 atom stereocenters. The number of rotatable bonds is 10. The van der Waals surface area contributed by atoms with Gasteiger partial charge in [-0.15, -0.1) is 0 Å². The van der Waals surface area contributed by atoms with Gasteiger partial charge in [0.1, 0.15) is 0 Å². The Labute approximate surface area is 230 Å². The molecule has 0 saturated carbocycles. The number of benzene rings is 2. The molecule has 0 bridgehead atoms. The highest BCUT2D eigenvalue weighted by molar-refractivity contribution is 8.01. The van der Waals surface area contributed by atoms with Gasteiger partial charge in [0.15, 0.2) is 8.32 Å². The molecular formula is C29H45Cl2NOSSi. The summed E-state index contributed by atoms with van der Waals surface area (Å²) in [4.78, 5) is 0. The van der Waals surface area contributed by atoms with Gasteiger partial charge < -0.3 is 9.74 Å². The van der Waals surface area contributed by atoms with Gasteiger partial charge >= 0.3 is 0 Å². The van der Waals surface area contributed by atoms with Crippen LogP contribution < -0.4 is 5.32 Å². The summed E-state index contributed by atoms with van der Waals surface area (Å²) in [7, 11) is -2.12. The molecule has 0 fully saturated rings. The average molecular weight is 555 g/mol. The first-order valence-electron chi connectivity index (χ1n) is 12.7. The fraction of sp³-hybridized carbons (Fsp3) is 0.586. The van der Waals surface area contributed by atoms with Crippen molar-refractivity contribution in [3.8, 4) is 0 Å². The highest BCUT2D eigenvalue weighted by Crippen LogP contribution is 2.44. The smallest absolute Gasteiger partial charge is 0.193 e. The van der Waals surface area contributed by atoms with E-state index in [-0.39, 0.29) is 21.9 Å². The predicted octanol–water partition coefficient (Wildman–Crippen LogP) is 10.1. The Morgan fingerprint density at radius 3 is 2.00 bits per heavy atom. The van der Waals surface area contributed by atoms with Crippen LogP contribution in [0.5, 0.6) is 0 Å². The average Bonchev–Trinajstić information content (AvgIpc) is 2.72. The van der Waals surface area contributed by atoms with Crippen molar-refractivity contribution < 1.29 is 4.43 Å². The summed E-state index contributed by atoms with van der Waals surface area (Å²) in [6.07, 6.45) is 0.841. The molecule has 2 aromatic carbocycles. The minimum atomic E-state index is -2.12. The van der Waals surface area contributed by atoms with Crippen molar-refractivity contribution in [3.63, 3.8) is 0 Å². The highest BCUT2D eigenvalue weighted by Gasteiger charge is 2.42. The standard InChI is InChI=1S/C29H45Cl2NOSSi/c1-11-25(20(2)34-28(3,4)5)32-26(21-15-17-23(30)18-16-21)27(22-13-12-14-24(31)19-22)33-35(9,10)29(6,7)8/h12-20,25-27,32H,11H2,1-10H3. The van der Waals surface area contributed by atoms with Crippen LogP contribution in [0.15, 0.2) is 48.5 Å². The zero-order valence-corrected chi connectivity index (χ0v) is 26.5. The van der Waals surface area contributed by atoms with E-state index in [0.29, 0.717) is 11.3 Å². The third-order valence-electron chi connectivity index (χ3n) is 6.88. The van der Waals surface area contributed by atoms with Gasteiger partial charge in [-0.2, -0.15) is 11.8 Å². The monoisotopic (exact) mass is 553 g/mol. The summed E-state index contributed by atoms with van der Waals surface area (Å²) in [6.45, 7) is 22.9. The summed E-state index contributed by atoms with van der Waals surface area (Å²) < 4.78 is 7.38. The Balaban J connectivity index is 2.61. The third-order valence-corrected chi connectivity index (χ3v) is 13.2. The molecule has 0 aromatic heterocycles. The van der Waals surface area contributed by atoms with E-state index < -0.39 is 8.32 Å². The lowest BCUT2D eigenvalue weighted by Gasteiger charge is -2.43. The van der Waals surface area contributed by atoms with Crippen molar-refractivity contribution in [1.29, 1.82) is 0 Å². The second-order valence-electron chi connectivity index (χ2n) is 12.0. The second kappa shape index (κ2) is 12.4. The van der Waals surface area contributed by atoms with E-state index in [1.165, 1.54) is 5.56 Å². The number of thioether (sulfide) groups is 1. The maximum absolute atomic E-state index is 7.19. The van der Waals surface area contributed by atoms with E-state index in [1.54, 1.807) is 0 Å². The SMILES string of the molecule is CCC(NC(c1ccc(Cl)cc1)C(O[Si](C)(C)C(C)(C)C)c1cccc(Cl)c1)C(C)SC(C)(C)C. The van der Waals surface area contributed by atoms with Gasteiger partial charge in [-0.05, 0) is 59.9 Å². The molecule has 2 aromatic rings. The van der Waals surface area contributed by atoms with E-state index >= 15 is 0 Å². The fourth-order valence-corrected chi connectivity index (χ4v) is 7.13. The molecule has 0 radical (unpaired) electrons. The van der Waals surface area contributed by atoms with Gasteiger partial charge in [0.2, 0.25) is 0 Å². The molecule has 2 rings (SSSR count). The summed E-state index contributed by atoms with van der Waals surface area (Å²) >= 11 is 14.8. The van der Waals surface area contributed by atoms with Crippen LogP contribution >= 0.6 is 35.0 Å². The molecular weight excluding hydrogens is 509 g/mol. The zero-order chi connectivity index (χ0) is 26.6. The molecule has 6 heteroatoms. The molecule has 4 unspecified atom stereocenters. The molecule has 0 heterocycles. The van der Waals surface area contributed by atoms with Gasteiger partial charge in [-0.1, -0.05) is 103 Å². The van der Waals surface area contributed by atoms with Crippen molar-refractivity contribution in [2.24, 2.45) is 0 Å². The Kier molecular flexibility index (Phi) is 10.9. The molecule has 0 aliphatic heterocycles. The van der Waals surface area contributed by atoms with Gasteiger partial charge in [-0.25, -0.2) is 0 Å². The van der Waals surface area contributed by atoms with Gasteiger partial charge in [0.25, 0.3) is 0 Å². The van der Waals surface area contributed by atoms with Crippen LogP contribution in [-0.2, 0) is 4.43 Å². The molecule has 0 amide bonds. The maximum Gasteiger partial charge on any atom is 0.193 e. The van der Waals surface area contributed by atoms with E-state index in [1.807, 2.05) is 36.0 Å². The van der Waals surface area contributed by atoms with Crippen molar-refractivity contribution in [2.75, 3.05) is 0 Å². The Morgan fingerprint density at radius 2 is 1.51 bits per heavy atom. The van der Waals surface area contributed by atoms with E-state index in [2.05, 4.69) is 98.1 Å². The molecule has 0 spiro atoms. The van der Waals surface area contributed by atoms with Crippen molar-refractivity contribution in [3.05, 3.63) is 69.7 Å². The van der Waals surface area contributed by atoms with Crippen LogP contribution in [0.4, 0.5) is 0 Å². The minimum absolute atomic E-state index is 0.0483. The molecule has 0 aliphatic rings. The molecule has 196 valence electrons. The van der Waals surface area contributed by atoms with Crippen LogP contribution in [0.25, 0.3) is 0 Å². The van der Waals surface area contributed by atoms with Crippen molar-refractivity contribution in [1.82, 2.24) is 5.32 Å². The van der Waals surface area contributed by atoms with Gasteiger partial charge in [-0.3, -0.25) is 0 Å². The molecule has 1 N–H and O–H groups in total. The second-order valence-corrected chi connectivity index (χ2v) is 19.8. The Bertz CT molecular complexity index is 937. The molecule has 2 nitrogen and oxygen atoms in total. The van der Waals surface area contributed by atoms with Crippen molar-refractivity contribution >= 4 is 43.3 Å². The van der Waals surface area contributed by atoms with E-state index in [9.17, 15) is 0 Å². The van der Waals surface area contributed by atoms with Crippen LogP contribution in [0, 0.1) is 0 Å². The van der Waals surface area contributed by atoms with Gasteiger partial charge in [0.05, 0.1) is 12.1 Å². The number of hydrogen-bond acceptors (Lipinski definition) is 3.